The van der Waals surface area contributed by atoms with Crippen LogP contribution in [0, 0.1) is 0 Å². The molecule has 0 atom stereocenters. The molecule has 1 fully saturated rings. The predicted octanol–water partition coefficient (Wildman–Crippen LogP) is 2.80. The molecule has 1 aromatic rings. The number of hydrogen-bond donors (Lipinski definition) is 2. The summed E-state index contributed by atoms with van der Waals surface area (Å²) in [5.74, 6) is 1.00. The van der Waals surface area contributed by atoms with E-state index in [0.29, 0.717) is 19.0 Å². The minimum absolute atomic E-state index is 0.146. The van der Waals surface area contributed by atoms with Crippen LogP contribution in [-0.4, -0.2) is 42.9 Å². The summed E-state index contributed by atoms with van der Waals surface area (Å²) in [5.41, 5.74) is 1.18. The molecule has 0 spiro atoms. The van der Waals surface area contributed by atoms with Gasteiger partial charge in [-0.05, 0) is 43.9 Å². The highest BCUT2D eigenvalue weighted by Gasteiger charge is 2.22. The normalized spacial score (nSPS) is 14.4. The number of benzene rings is 1. The predicted molar refractivity (Wildman–Crippen MR) is 99.3 cm³/mol. The standard InChI is InChI=1S/C18H27ClN4O/c1-3-20-18(21-12-4-5-17(24)22-16-10-11-16)23(2)13-14-6-8-15(19)9-7-14/h6-9,16H,3-5,10-13H2,1-2H3,(H,20,21)(H,22,24). The summed E-state index contributed by atoms with van der Waals surface area (Å²) in [4.78, 5) is 18.4. The first-order chi connectivity index (χ1) is 11.6. The van der Waals surface area contributed by atoms with Gasteiger partial charge in [-0.25, -0.2) is 0 Å². The summed E-state index contributed by atoms with van der Waals surface area (Å²) >= 11 is 5.92. The van der Waals surface area contributed by atoms with E-state index in [-0.39, 0.29) is 5.91 Å². The van der Waals surface area contributed by atoms with Crippen LogP contribution >= 0.6 is 11.6 Å². The second-order valence-corrected chi connectivity index (χ2v) is 6.60. The molecule has 0 unspecified atom stereocenters. The molecule has 1 amide bonds. The molecule has 1 aromatic carbocycles. The highest BCUT2D eigenvalue weighted by molar-refractivity contribution is 6.30. The Morgan fingerprint density at radius 2 is 2.04 bits per heavy atom. The van der Waals surface area contributed by atoms with Crippen LogP contribution in [0.15, 0.2) is 29.3 Å². The SMILES string of the molecule is CCNC(=NCCCC(=O)NC1CC1)N(C)Cc1ccc(Cl)cc1. The van der Waals surface area contributed by atoms with E-state index in [1.165, 1.54) is 5.56 Å². The van der Waals surface area contributed by atoms with Crippen LogP contribution in [0.5, 0.6) is 0 Å². The van der Waals surface area contributed by atoms with Crippen LogP contribution in [0.4, 0.5) is 0 Å². The van der Waals surface area contributed by atoms with E-state index in [1.807, 2.05) is 31.3 Å². The van der Waals surface area contributed by atoms with Crippen LogP contribution in [0.2, 0.25) is 5.02 Å². The number of halogens is 1. The number of nitrogens with zero attached hydrogens (tertiary/aromatic N) is 2. The van der Waals surface area contributed by atoms with Crippen LogP contribution in [-0.2, 0) is 11.3 Å². The number of aliphatic imine (C=N–C) groups is 1. The quantitative estimate of drug-likeness (QED) is 0.430. The minimum atomic E-state index is 0.146. The van der Waals surface area contributed by atoms with Crippen molar-refractivity contribution in [2.75, 3.05) is 20.1 Å². The first-order valence-corrected chi connectivity index (χ1v) is 8.99. The van der Waals surface area contributed by atoms with E-state index in [0.717, 1.165) is 43.3 Å². The maximum atomic E-state index is 11.7. The molecule has 0 aromatic heterocycles. The van der Waals surface area contributed by atoms with Crippen LogP contribution in [0.25, 0.3) is 0 Å². The molecule has 0 aliphatic heterocycles. The van der Waals surface area contributed by atoms with E-state index in [2.05, 4.69) is 27.4 Å². The maximum absolute atomic E-state index is 11.7. The molecular weight excluding hydrogens is 324 g/mol. The van der Waals surface area contributed by atoms with Gasteiger partial charge < -0.3 is 15.5 Å². The van der Waals surface area contributed by atoms with E-state index in [4.69, 9.17) is 11.6 Å². The molecule has 2 N–H and O–H groups in total. The molecule has 0 radical (unpaired) electrons. The molecule has 1 aliphatic carbocycles. The average Bonchev–Trinajstić information content (AvgIpc) is 3.36. The van der Waals surface area contributed by atoms with Gasteiger partial charge in [0.1, 0.15) is 0 Å². The van der Waals surface area contributed by atoms with Crippen molar-refractivity contribution in [2.45, 2.75) is 45.2 Å². The van der Waals surface area contributed by atoms with Gasteiger partial charge in [-0.1, -0.05) is 23.7 Å². The number of guanidine groups is 1. The largest absolute Gasteiger partial charge is 0.357 e. The third-order valence-corrected chi connectivity index (χ3v) is 4.05. The van der Waals surface area contributed by atoms with Crippen LogP contribution in [0.1, 0.15) is 38.2 Å². The van der Waals surface area contributed by atoms with Gasteiger partial charge in [-0.2, -0.15) is 0 Å². The number of amides is 1. The first-order valence-electron chi connectivity index (χ1n) is 8.61. The third-order valence-electron chi connectivity index (χ3n) is 3.80. The molecule has 1 saturated carbocycles. The van der Waals surface area contributed by atoms with Gasteiger partial charge in [0.15, 0.2) is 5.96 Å². The summed E-state index contributed by atoms with van der Waals surface area (Å²) in [5, 5.41) is 7.04. The lowest BCUT2D eigenvalue weighted by atomic mass is 10.2. The smallest absolute Gasteiger partial charge is 0.220 e. The zero-order valence-electron chi connectivity index (χ0n) is 14.5. The van der Waals surface area contributed by atoms with Crippen molar-refractivity contribution in [3.05, 3.63) is 34.9 Å². The summed E-state index contributed by atoms with van der Waals surface area (Å²) < 4.78 is 0. The van der Waals surface area contributed by atoms with Crippen molar-refractivity contribution in [1.82, 2.24) is 15.5 Å². The lowest BCUT2D eigenvalue weighted by molar-refractivity contribution is -0.121. The van der Waals surface area contributed by atoms with Crippen LogP contribution < -0.4 is 10.6 Å². The Kier molecular flexibility index (Phi) is 7.37. The molecule has 2 rings (SSSR count). The van der Waals surface area contributed by atoms with Crippen molar-refractivity contribution >= 4 is 23.5 Å². The van der Waals surface area contributed by atoms with E-state index in [1.54, 1.807) is 0 Å². The van der Waals surface area contributed by atoms with E-state index < -0.39 is 0 Å². The van der Waals surface area contributed by atoms with Gasteiger partial charge in [0.25, 0.3) is 0 Å². The minimum Gasteiger partial charge on any atom is -0.357 e. The van der Waals surface area contributed by atoms with Gasteiger partial charge >= 0.3 is 0 Å². The van der Waals surface area contributed by atoms with Gasteiger partial charge in [-0.3, -0.25) is 9.79 Å². The zero-order chi connectivity index (χ0) is 17.4. The topological polar surface area (TPSA) is 56.7 Å². The number of hydrogen-bond acceptors (Lipinski definition) is 2. The number of carbonyl (C=O) groups is 1. The third kappa shape index (κ3) is 6.79. The Bertz CT molecular complexity index is 555. The van der Waals surface area contributed by atoms with Crippen LogP contribution in [0.3, 0.4) is 0 Å². The Morgan fingerprint density at radius 1 is 1.33 bits per heavy atom. The van der Waals surface area contributed by atoms with Gasteiger partial charge in [0, 0.05) is 44.2 Å². The fourth-order valence-electron chi connectivity index (χ4n) is 2.36. The fourth-order valence-corrected chi connectivity index (χ4v) is 2.49. The summed E-state index contributed by atoms with van der Waals surface area (Å²) in [6.45, 7) is 4.26. The van der Waals surface area contributed by atoms with Crippen molar-refractivity contribution in [2.24, 2.45) is 4.99 Å². The van der Waals surface area contributed by atoms with Crippen molar-refractivity contribution in [1.29, 1.82) is 0 Å². The Labute approximate surface area is 149 Å². The molecule has 6 heteroatoms. The molecule has 5 nitrogen and oxygen atoms in total. The average molecular weight is 351 g/mol. The molecule has 1 aliphatic rings. The van der Waals surface area contributed by atoms with Gasteiger partial charge in [0.2, 0.25) is 5.91 Å². The second kappa shape index (κ2) is 9.52. The summed E-state index contributed by atoms with van der Waals surface area (Å²) in [7, 11) is 2.01. The lowest BCUT2D eigenvalue weighted by Crippen LogP contribution is -2.38. The highest BCUT2D eigenvalue weighted by Crippen LogP contribution is 2.18. The first kappa shape index (κ1) is 18.6. The molecular formula is C18H27ClN4O. The summed E-state index contributed by atoms with van der Waals surface area (Å²) in [6, 6.07) is 8.26. The Balaban J connectivity index is 1.79. The monoisotopic (exact) mass is 350 g/mol. The Morgan fingerprint density at radius 3 is 2.67 bits per heavy atom. The fraction of sp³-hybridized carbons (Fsp3) is 0.556. The second-order valence-electron chi connectivity index (χ2n) is 6.16. The van der Waals surface area contributed by atoms with Crippen molar-refractivity contribution < 1.29 is 4.79 Å². The van der Waals surface area contributed by atoms with Crippen molar-refractivity contribution in [3.63, 3.8) is 0 Å². The highest BCUT2D eigenvalue weighted by atomic mass is 35.5. The molecule has 0 saturated heterocycles. The molecule has 0 bridgehead atoms. The summed E-state index contributed by atoms with van der Waals surface area (Å²) in [6.07, 6.45) is 3.57. The maximum Gasteiger partial charge on any atom is 0.220 e. The molecule has 132 valence electrons. The number of carbonyl (C=O) groups excluding carboxylic acids is 1. The van der Waals surface area contributed by atoms with Gasteiger partial charge in [0.05, 0.1) is 0 Å². The van der Waals surface area contributed by atoms with Crippen molar-refractivity contribution in [3.8, 4) is 0 Å². The number of nitrogens with one attached hydrogen (secondary N) is 2. The van der Waals surface area contributed by atoms with Gasteiger partial charge in [-0.15, -0.1) is 0 Å². The van der Waals surface area contributed by atoms with E-state index in [9.17, 15) is 4.79 Å². The Hall–Kier alpha value is -1.75. The zero-order valence-corrected chi connectivity index (χ0v) is 15.3. The number of rotatable bonds is 8. The lowest BCUT2D eigenvalue weighted by Gasteiger charge is -2.22. The van der Waals surface area contributed by atoms with E-state index >= 15 is 0 Å². The molecule has 24 heavy (non-hydrogen) atoms. The molecule has 0 heterocycles.